The molecule has 0 unspecified atom stereocenters. The number of benzene rings is 2. The van der Waals surface area contributed by atoms with Crippen LogP contribution in [0.5, 0.6) is 5.75 Å². The van der Waals surface area contributed by atoms with E-state index in [0.29, 0.717) is 11.4 Å². The van der Waals surface area contributed by atoms with Gasteiger partial charge >= 0.3 is 5.97 Å². The molecule has 2 aromatic carbocycles. The van der Waals surface area contributed by atoms with E-state index in [4.69, 9.17) is 9.47 Å². The molecule has 1 saturated heterocycles. The number of carbonyl (C=O) groups excluding carboxylic acids is 3. The summed E-state index contributed by atoms with van der Waals surface area (Å²) in [6, 6.07) is 10.0. The van der Waals surface area contributed by atoms with Crippen LogP contribution in [0.1, 0.15) is 13.3 Å². The number of halogens is 2. The van der Waals surface area contributed by atoms with Gasteiger partial charge in [-0.3, -0.25) is 14.4 Å². The van der Waals surface area contributed by atoms with Crippen molar-refractivity contribution in [3.05, 3.63) is 54.1 Å². The minimum atomic E-state index is -1.31. The Bertz CT molecular complexity index is 961. The van der Waals surface area contributed by atoms with Crippen molar-refractivity contribution >= 4 is 29.2 Å². The van der Waals surface area contributed by atoms with Crippen molar-refractivity contribution in [2.45, 2.75) is 19.4 Å². The van der Waals surface area contributed by atoms with Crippen LogP contribution < -0.4 is 15.0 Å². The van der Waals surface area contributed by atoms with Crippen LogP contribution in [0.4, 0.5) is 20.2 Å². The topological polar surface area (TPSA) is 84.9 Å². The van der Waals surface area contributed by atoms with E-state index in [1.807, 2.05) is 0 Å². The lowest BCUT2D eigenvalue weighted by atomic mass is 10.1. The van der Waals surface area contributed by atoms with Gasteiger partial charge in [0.2, 0.25) is 5.91 Å². The fraction of sp³-hybridized carbons (Fsp3) is 0.286. The van der Waals surface area contributed by atoms with Gasteiger partial charge in [-0.1, -0.05) is 18.2 Å². The van der Waals surface area contributed by atoms with E-state index in [2.05, 4.69) is 5.32 Å². The van der Waals surface area contributed by atoms with Crippen molar-refractivity contribution in [2.75, 3.05) is 23.9 Å². The number of para-hydroxylation sites is 3. The second kappa shape index (κ2) is 8.89. The first kappa shape index (κ1) is 21.2. The molecule has 158 valence electrons. The van der Waals surface area contributed by atoms with Crippen molar-refractivity contribution in [1.29, 1.82) is 0 Å². The molecule has 2 atom stereocenters. The third-order valence-electron chi connectivity index (χ3n) is 4.71. The maximum Gasteiger partial charge on any atom is 0.312 e. The number of nitrogens with one attached hydrogen (secondary N) is 1. The SMILES string of the molecule is COc1ccccc1N1C[C@@H](C(=O)O[C@H](C)C(=O)Nc2c(F)cccc2F)CC1=O. The molecule has 2 amide bonds. The van der Waals surface area contributed by atoms with E-state index < -0.39 is 41.2 Å². The van der Waals surface area contributed by atoms with Crippen molar-refractivity contribution in [2.24, 2.45) is 5.92 Å². The number of hydrogen-bond donors (Lipinski definition) is 1. The number of rotatable bonds is 6. The Balaban J connectivity index is 1.63. The van der Waals surface area contributed by atoms with Gasteiger partial charge in [0.05, 0.1) is 18.7 Å². The summed E-state index contributed by atoms with van der Waals surface area (Å²) in [6.07, 6.45) is -1.40. The molecule has 1 N–H and O–H groups in total. The van der Waals surface area contributed by atoms with Gasteiger partial charge in [0.15, 0.2) is 6.10 Å². The van der Waals surface area contributed by atoms with Crippen molar-refractivity contribution in [3.8, 4) is 5.75 Å². The molecule has 2 aromatic rings. The second-order valence-corrected chi connectivity index (χ2v) is 6.74. The summed E-state index contributed by atoms with van der Waals surface area (Å²) in [7, 11) is 1.48. The maximum absolute atomic E-state index is 13.7. The smallest absolute Gasteiger partial charge is 0.312 e. The monoisotopic (exact) mass is 418 g/mol. The summed E-state index contributed by atoms with van der Waals surface area (Å²) in [6.45, 7) is 1.34. The third-order valence-corrected chi connectivity index (χ3v) is 4.71. The summed E-state index contributed by atoms with van der Waals surface area (Å²) >= 11 is 0. The Hall–Kier alpha value is -3.49. The standard InChI is InChI=1S/C21H20F2N2O5/c1-12(20(27)24-19-14(22)6-5-7-15(19)23)30-21(28)13-10-18(26)25(11-13)16-8-3-4-9-17(16)29-2/h3-9,12-13H,10-11H2,1-2H3,(H,24,27)/t12-,13+/m1/s1. The summed E-state index contributed by atoms with van der Waals surface area (Å²) in [4.78, 5) is 38.5. The Labute approximate surface area is 171 Å². The van der Waals surface area contributed by atoms with Gasteiger partial charge in [0.25, 0.3) is 5.91 Å². The zero-order chi connectivity index (χ0) is 21.8. The molecule has 0 aliphatic carbocycles. The number of carbonyl (C=O) groups is 3. The summed E-state index contributed by atoms with van der Waals surface area (Å²) in [5.74, 6) is -4.13. The van der Waals surface area contributed by atoms with Crippen molar-refractivity contribution in [1.82, 2.24) is 0 Å². The summed E-state index contributed by atoms with van der Waals surface area (Å²) < 4.78 is 37.7. The van der Waals surface area contributed by atoms with Gasteiger partial charge in [-0.05, 0) is 31.2 Å². The maximum atomic E-state index is 13.7. The number of ether oxygens (including phenoxy) is 2. The van der Waals surface area contributed by atoms with Gasteiger partial charge in [0.1, 0.15) is 23.1 Å². The van der Waals surface area contributed by atoms with E-state index in [9.17, 15) is 23.2 Å². The molecule has 9 heteroatoms. The zero-order valence-electron chi connectivity index (χ0n) is 16.4. The minimum absolute atomic E-state index is 0.0638. The molecule has 1 fully saturated rings. The molecule has 0 radical (unpaired) electrons. The highest BCUT2D eigenvalue weighted by atomic mass is 19.1. The van der Waals surface area contributed by atoms with Crippen LogP contribution in [-0.2, 0) is 19.1 Å². The predicted molar refractivity (Wildman–Crippen MR) is 104 cm³/mol. The molecule has 0 bridgehead atoms. The number of anilines is 2. The minimum Gasteiger partial charge on any atom is -0.495 e. The van der Waals surface area contributed by atoms with Gasteiger partial charge in [0, 0.05) is 13.0 Å². The van der Waals surface area contributed by atoms with E-state index in [1.165, 1.54) is 18.9 Å². The quantitative estimate of drug-likeness (QED) is 0.730. The first-order chi connectivity index (χ1) is 14.3. The normalized spacial score (nSPS) is 16.9. The summed E-state index contributed by atoms with van der Waals surface area (Å²) in [5.41, 5.74) is -0.0927. The average Bonchev–Trinajstić information content (AvgIpc) is 3.12. The molecule has 1 heterocycles. The molecule has 0 aromatic heterocycles. The van der Waals surface area contributed by atoms with E-state index >= 15 is 0 Å². The fourth-order valence-electron chi connectivity index (χ4n) is 3.12. The van der Waals surface area contributed by atoms with Gasteiger partial charge in [-0.25, -0.2) is 8.78 Å². The molecular weight excluding hydrogens is 398 g/mol. The molecule has 30 heavy (non-hydrogen) atoms. The van der Waals surface area contributed by atoms with E-state index in [0.717, 1.165) is 18.2 Å². The van der Waals surface area contributed by atoms with Gasteiger partial charge in [-0.2, -0.15) is 0 Å². The zero-order valence-corrected chi connectivity index (χ0v) is 16.4. The number of hydrogen-bond acceptors (Lipinski definition) is 5. The molecule has 1 aliphatic heterocycles. The van der Waals surface area contributed by atoms with Crippen LogP contribution in [-0.4, -0.2) is 37.5 Å². The largest absolute Gasteiger partial charge is 0.495 e. The summed E-state index contributed by atoms with van der Waals surface area (Å²) in [5, 5.41) is 2.07. The van der Waals surface area contributed by atoms with Crippen LogP contribution >= 0.6 is 0 Å². The lowest BCUT2D eigenvalue weighted by molar-refractivity contribution is -0.157. The molecule has 1 aliphatic rings. The van der Waals surface area contributed by atoms with Crippen molar-refractivity contribution in [3.63, 3.8) is 0 Å². The fourth-order valence-corrected chi connectivity index (χ4v) is 3.12. The third kappa shape index (κ3) is 4.40. The molecular formula is C21H20F2N2O5. The van der Waals surface area contributed by atoms with Crippen LogP contribution in [0.15, 0.2) is 42.5 Å². The van der Waals surface area contributed by atoms with Crippen LogP contribution in [0.25, 0.3) is 0 Å². The highest BCUT2D eigenvalue weighted by Crippen LogP contribution is 2.33. The Morgan fingerprint density at radius 2 is 1.80 bits per heavy atom. The Morgan fingerprint density at radius 1 is 1.13 bits per heavy atom. The lowest BCUT2D eigenvalue weighted by Crippen LogP contribution is -2.33. The Kier molecular flexibility index (Phi) is 6.29. The highest BCUT2D eigenvalue weighted by molar-refractivity contribution is 6.01. The molecule has 0 saturated carbocycles. The number of amides is 2. The van der Waals surface area contributed by atoms with Crippen LogP contribution in [0.3, 0.4) is 0 Å². The molecule has 0 spiro atoms. The van der Waals surface area contributed by atoms with E-state index in [-0.39, 0.29) is 18.9 Å². The van der Waals surface area contributed by atoms with Crippen LogP contribution in [0.2, 0.25) is 0 Å². The predicted octanol–water partition coefficient (Wildman–Crippen LogP) is 2.90. The van der Waals surface area contributed by atoms with Gasteiger partial charge < -0.3 is 19.7 Å². The average molecular weight is 418 g/mol. The van der Waals surface area contributed by atoms with E-state index in [1.54, 1.807) is 24.3 Å². The number of methoxy groups -OCH3 is 1. The van der Waals surface area contributed by atoms with Crippen molar-refractivity contribution < 1.29 is 32.6 Å². The van der Waals surface area contributed by atoms with Gasteiger partial charge in [-0.15, -0.1) is 0 Å². The second-order valence-electron chi connectivity index (χ2n) is 6.74. The number of nitrogens with zero attached hydrogens (tertiary/aromatic N) is 1. The lowest BCUT2D eigenvalue weighted by Gasteiger charge is -2.20. The van der Waals surface area contributed by atoms with Crippen LogP contribution in [0, 0.1) is 17.6 Å². The molecule has 7 nitrogen and oxygen atoms in total. The first-order valence-corrected chi connectivity index (χ1v) is 9.20. The Morgan fingerprint density at radius 3 is 2.47 bits per heavy atom. The highest BCUT2D eigenvalue weighted by Gasteiger charge is 2.38. The first-order valence-electron chi connectivity index (χ1n) is 9.20. The molecule has 3 rings (SSSR count). The number of esters is 1.